The Labute approximate surface area is 214 Å². The fourth-order valence-corrected chi connectivity index (χ4v) is 4.93. The topological polar surface area (TPSA) is 6.48 Å². The summed E-state index contributed by atoms with van der Waals surface area (Å²) in [5, 5.41) is 0. The molecule has 2 heteroatoms. The average molecular weight is 473 g/mol. The Balaban J connectivity index is 2.68. The van der Waals surface area contributed by atoms with E-state index in [9.17, 15) is 0 Å². The Kier molecular flexibility index (Phi) is 20.7. The Bertz CT molecular complexity index is 486. The van der Waals surface area contributed by atoms with Crippen molar-refractivity contribution in [1.82, 2.24) is 9.80 Å². The summed E-state index contributed by atoms with van der Waals surface area (Å²) in [4.78, 5) is 5.47. The van der Waals surface area contributed by atoms with E-state index in [4.69, 9.17) is 0 Å². The van der Waals surface area contributed by atoms with Crippen LogP contribution in [0.4, 0.5) is 0 Å². The van der Waals surface area contributed by atoms with Gasteiger partial charge in [0.25, 0.3) is 0 Å². The molecule has 0 spiro atoms. The molecule has 0 saturated carbocycles. The van der Waals surface area contributed by atoms with Gasteiger partial charge >= 0.3 is 0 Å². The summed E-state index contributed by atoms with van der Waals surface area (Å²) < 4.78 is 0. The summed E-state index contributed by atoms with van der Waals surface area (Å²) in [5.41, 5.74) is 3.03. The zero-order valence-corrected chi connectivity index (χ0v) is 23.8. The lowest BCUT2D eigenvalue weighted by atomic mass is 10.1. The second-order valence-electron chi connectivity index (χ2n) is 10.6. The highest BCUT2D eigenvalue weighted by atomic mass is 15.1. The van der Waals surface area contributed by atoms with Gasteiger partial charge in [-0.3, -0.25) is 9.80 Å². The van der Waals surface area contributed by atoms with Gasteiger partial charge in [-0.05, 0) is 63.0 Å². The summed E-state index contributed by atoms with van der Waals surface area (Å²) in [6, 6.07) is 9.54. The highest BCUT2D eigenvalue weighted by Gasteiger charge is 2.09. The SMILES string of the molecule is CCCCCCN(CCCCCC)Cc1cccc(CN(CCCCCC)CCCCCC)c1. The molecule has 1 aromatic rings. The average Bonchev–Trinajstić information content (AvgIpc) is 2.84. The van der Waals surface area contributed by atoms with Crippen molar-refractivity contribution in [2.45, 2.75) is 144 Å². The molecule has 198 valence electrons. The van der Waals surface area contributed by atoms with Crippen molar-refractivity contribution in [2.24, 2.45) is 0 Å². The van der Waals surface area contributed by atoms with Crippen LogP contribution in [0.1, 0.15) is 142 Å². The first kappa shape index (κ1) is 31.2. The molecule has 1 rings (SSSR count). The third-order valence-corrected chi connectivity index (χ3v) is 7.12. The van der Waals surface area contributed by atoms with Gasteiger partial charge in [0, 0.05) is 13.1 Å². The van der Waals surface area contributed by atoms with Gasteiger partial charge in [-0.25, -0.2) is 0 Å². The predicted octanol–water partition coefficient (Wildman–Crippen LogP) is 9.61. The molecular weight excluding hydrogens is 412 g/mol. The minimum Gasteiger partial charge on any atom is -0.299 e. The molecular formula is C32H60N2. The minimum absolute atomic E-state index is 1.12. The van der Waals surface area contributed by atoms with Crippen LogP contribution in [0.15, 0.2) is 24.3 Å². The first-order chi connectivity index (χ1) is 16.7. The van der Waals surface area contributed by atoms with E-state index in [-0.39, 0.29) is 0 Å². The number of hydrogen-bond acceptors (Lipinski definition) is 2. The second kappa shape index (κ2) is 22.6. The Morgan fingerprint density at radius 2 is 0.765 bits per heavy atom. The van der Waals surface area contributed by atoms with E-state index >= 15 is 0 Å². The third-order valence-electron chi connectivity index (χ3n) is 7.12. The Morgan fingerprint density at radius 1 is 0.441 bits per heavy atom. The molecule has 0 unspecified atom stereocenters. The normalized spacial score (nSPS) is 11.7. The van der Waals surface area contributed by atoms with Crippen molar-refractivity contribution in [1.29, 1.82) is 0 Å². The Hall–Kier alpha value is -0.860. The zero-order chi connectivity index (χ0) is 24.7. The number of nitrogens with zero attached hydrogens (tertiary/aromatic N) is 2. The van der Waals surface area contributed by atoms with Crippen LogP contribution >= 0.6 is 0 Å². The molecule has 0 atom stereocenters. The van der Waals surface area contributed by atoms with Crippen molar-refractivity contribution >= 4 is 0 Å². The molecule has 2 nitrogen and oxygen atoms in total. The van der Waals surface area contributed by atoms with Gasteiger partial charge in [-0.1, -0.05) is 129 Å². The lowest BCUT2D eigenvalue weighted by molar-refractivity contribution is 0.249. The lowest BCUT2D eigenvalue weighted by Crippen LogP contribution is -2.27. The summed E-state index contributed by atoms with van der Waals surface area (Å²) >= 11 is 0. The smallest absolute Gasteiger partial charge is 0.0233 e. The zero-order valence-electron chi connectivity index (χ0n) is 23.8. The predicted molar refractivity (Wildman–Crippen MR) is 154 cm³/mol. The maximum Gasteiger partial charge on any atom is 0.0233 e. The molecule has 0 fully saturated rings. The van der Waals surface area contributed by atoms with Gasteiger partial charge in [-0.15, -0.1) is 0 Å². The first-order valence-electron chi connectivity index (χ1n) is 15.3. The quantitative estimate of drug-likeness (QED) is 0.138. The molecule has 0 radical (unpaired) electrons. The molecule has 0 heterocycles. The van der Waals surface area contributed by atoms with Gasteiger partial charge in [-0.2, -0.15) is 0 Å². The van der Waals surface area contributed by atoms with Crippen LogP contribution in [-0.2, 0) is 13.1 Å². The Morgan fingerprint density at radius 3 is 1.06 bits per heavy atom. The lowest BCUT2D eigenvalue weighted by Gasteiger charge is -2.24. The summed E-state index contributed by atoms with van der Waals surface area (Å²) in [5.74, 6) is 0. The van der Waals surface area contributed by atoms with E-state index in [1.165, 1.54) is 140 Å². The molecule has 34 heavy (non-hydrogen) atoms. The molecule has 0 aliphatic heterocycles. The largest absolute Gasteiger partial charge is 0.299 e. The number of benzene rings is 1. The third kappa shape index (κ3) is 16.7. The van der Waals surface area contributed by atoms with Gasteiger partial charge in [0.2, 0.25) is 0 Å². The van der Waals surface area contributed by atoms with E-state index in [2.05, 4.69) is 61.8 Å². The minimum atomic E-state index is 1.12. The van der Waals surface area contributed by atoms with E-state index < -0.39 is 0 Å². The molecule has 0 saturated heterocycles. The van der Waals surface area contributed by atoms with E-state index in [0.717, 1.165) is 13.1 Å². The molecule has 0 aromatic heterocycles. The van der Waals surface area contributed by atoms with Crippen molar-refractivity contribution in [3.63, 3.8) is 0 Å². The monoisotopic (exact) mass is 472 g/mol. The van der Waals surface area contributed by atoms with Crippen LogP contribution in [0.5, 0.6) is 0 Å². The van der Waals surface area contributed by atoms with Crippen LogP contribution in [0, 0.1) is 0 Å². The molecule has 0 amide bonds. The van der Waals surface area contributed by atoms with Crippen LogP contribution in [0.2, 0.25) is 0 Å². The standard InChI is InChI=1S/C32H60N2/c1-5-9-13-17-24-33(25-18-14-10-6-2)29-31-22-21-23-32(28-31)30-34(26-19-15-11-7-3)27-20-16-12-8-4/h21-23,28H,5-20,24-27,29-30H2,1-4H3. The number of rotatable bonds is 24. The summed E-state index contributed by atoms with van der Waals surface area (Å²) in [7, 11) is 0. The van der Waals surface area contributed by atoms with Crippen LogP contribution in [0.25, 0.3) is 0 Å². The van der Waals surface area contributed by atoms with Crippen LogP contribution in [0.3, 0.4) is 0 Å². The fraction of sp³-hybridized carbons (Fsp3) is 0.812. The molecule has 0 N–H and O–H groups in total. The van der Waals surface area contributed by atoms with E-state index in [1.54, 1.807) is 0 Å². The molecule has 0 aliphatic rings. The maximum absolute atomic E-state index is 2.73. The van der Waals surface area contributed by atoms with Crippen LogP contribution < -0.4 is 0 Å². The fourth-order valence-electron chi connectivity index (χ4n) is 4.93. The van der Waals surface area contributed by atoms with Gasteiger partial charge in [0.15, 0.2) is 0 Å². The number of hydrogen-bond donors (Lipinski definition) is 0. The highest BCUT2D eigenvalue weighted by molar-refractivity contribution is 5.23. The maximum atomic E-state index is 2.73. The summed E-state index contributed by atoms with van der Waals surface area (Å²) in [6.07, 6.45) is 21.8. The van der Waals surface area contributed by atoms with Crippen molar-refractivity contribution in [3.8, 4) is 0 Å². The van der Waals surface area contributed by atoms with Crippen molar-refractivity contribution in [2.75, 3.05) is 26.2 Å². The van der Waals surface area contributed by atoms with Crippen molar-refractivity contribution in [3.05, 3.63) is 35.4 Å². The van der Waals surface area contributed by atoms with Crippen molar-refractivity contribution < 1.29 is 0 Å². The molecule has 0 aliphatic carbocycles. The number of unbranched alkanes of at least 4 members (excludes halogenated alkanes) is 12. The highest BCUT2D eigenvalue weighted by Crippen LogP contribution is 2.15. The first-order valence-corrected chi connectivity index (χ1v) is 15.3. The summed E-state index contributed by atoms with van der Waals surface area (Å²) in [6.45, 7) is 16.5. The van der Waals surface area contributed by atoms with Crippen LogP contribution in [-0.4, -0.2) is 36.0 Å². The molecule has 1 aromatic carbocycles. The molecule has 0 bridgehead atoms. The van der Waals surface area contributed by atoms with Gasteiger partial charge in [0.1, 0.15) is 0 Å². The van der Waals surface area contributed by atoms with E-state index in [1.807, 2.05) is 0 Å². The van der Waals surface area contributed by atoms with Gasteiger partial charge in [0.05, 0.1) is 0 Å². The van der Waals surface area contributed by atoms with E-state index in [0.29, 0.717) is 0 Å². The second-order valence-corrected chi connectivity index (χ2v) is 10.6. The van der Waals surface area contributed by atoms with Gasteiger partial charge < -0.3 is 0 Å².